The molecule has 0 N–H and O–H groups in total. The molecule has 1 fully saturated rings. The Balaban J connectivity index is 0.00000676. The van der Waals surface area contributed by atoms with Gasteiger partial charge in [0.25, 0.3) is 0 Å². The number of ether oxygens (including phenoxy) is 1. The molecule has 1 unspecified atom stereocenters. The van der Waals surface area contributed by atoms with E-state index in [0.717, 1.165) is 30.3 Å². The molecule has 1 heterocycles. The molecule has 0 aliphatic carbocycles. The summed E-state index contributed by atoms with van der Waals surface area (Å²) in [5.74, 6) is 0.0298. The van der Waals surface area contributed by atoms with Crippen molar-refractivity contribution >= 4 is 5.97 Å². The SMILES string of the molecule is CCCCCCCCCCCCCCCCOC(=O)C1CCC[N+]1(C)C.[Cl-]. The molecular weight excluding hydrogens is 358 g/mol. The minimum absolute atomic E-state index is 0. The molecule has 0 bridgehead atoms. The zero-order valence-electron chi connectivity index (χ0n) is 18.4. The lowest BCUT2D eigenvalue weighted by Crippen LogP contribution is -3.00. The Morgan fingerprint density at radius 2 is 1.26 bits per heavy atom. The van der Waals surface area contributed by atoms with Gasteiger partial charge in [0.05, 0.1) is 27.2 Å². The van der Waals surface area contributed by atoms with Crippen molar-refractivity contribution < 1.29 is 26.4 Å². The van der Waals surface area contributed by atoms with Gasteiger partial charge in [0.1, 0.15) is 0 Å². The maximum absolute atomic E-state index is 12.2. The van der Waals surface area contributed by atoms with E-state index >= 15 is 0 Å². The van der Waals surface area contributed by atoms with Crippen molar-refractivity contribution in [3.05, 3.63) is 0 Å². The average molecular weight is 404 g/mol. The number of quaternary nitrogens is 1. The Bertz CT molecular complexity index is 360. The first-order chi connectivity index (χ1) is 12.6. The van der Waals surface area contributed by atoms with Crippen molar-refractivity contribution in [2.24, 2.45) is 0 Å². The van der Waals surface area contributed by atoms with E-state index < -0.39 is 0 Å². The minimum Gasteiger partial charge on any atom is -1.00 e. The van der Waals surface area contributed by atoms with Crippen LogP contribution in [0, 0.1) is 0 Å². The van der Waals surface area contributed by atoms with Crippen molar-refractivity contribution in [2.75, 3.05) is 27.2 Å². The van der Waals surface area contributed by atoms with Crippen molar-refractivity contribution in [1.82, 2.24) is 0 Å². The van der Waals surface area contributed by atoms with E-state index in [4.69, 9.17) is 4.74 Å². The molecule has 1 saturated heterocycles. The van der Waals surface area contributed by atoms with Crippen LogP contribution in [0.5, 0.6) is 0 Å². The number of hydrogen-bond acceptors (Lipinski definition) is 2. The van der Waals surface area contributed by atoms with Gasteiger partial charge in [-0.2, -0.15) is 0 Å². The van der Waals surface area contributed by atoms with E-state index in [2.05, 4.69) is 21.0 Å². The Labute approximate surface area is 175 Å². The van der Waals surface area contributed by atoms with E-state index in [1.54, 1.807) is 0 Å². The first-order valence-electron chi connectivity index (χ1n) is 11.6. The third-order valence-electron chi connectivity index (χ3n) is 6.07. The second-order valence-corrected chi connectivity index (χ2v) is 8.92. The molecule has 1 atom stereocenters. The van der Waals surface area contributed by atoms with Crippen LogP contribution in [0.3, 0.4) is 0 Å². The van der Waals surface area contributed by atoms with Crippen LogP contribution in [-0.4, -0.2) is 43.7 Å². The largest absolute Gasteiger partial charge is 1.00 e. The Morgan fingerprint density at radius 1 is 0.815 bits per heavy atom. The van der Waals surface area contributed by atoms with Crippen LogP contribution >= 0.6 is 0 Å². The molecule has 162 valence electrons. The highest BCUT2D eigenvalue weighted by Crippen LogP contribution is 2.23. The molecular formula is C23H46ClNO2. The van der Waals surface area contributed by atoms with E-state index in [1.807, 2.05) is 0 Å². The summed E-state index contributed by atoms with van der Waals surface area (Å²) in [6.45, 7) is 4.00. The van der Waals surface area contributed by atoms with Gasteiger partial charge in [-0.3, -0.25) is 0 Å². The molecule has 0 amide bonds. The summed E-state index contributed by atoms with van der Waals surface area (Å²) in [5.41, 5.74) is 0. The molecule has 0 radical (unpaired) electrons. The fourth-order valence-electron chi connectivity index (χ4n) is 4.17. The highest BCUT2D eigenvalue weighted by molar-refractivity contribution is 5.74. The van der Waals surface area contributed by atoms with Crippen LogP contribution in [-0.2, 0) is 9.53 Å². The number of carbonyl (C=O) groups is 1. The number of hydrogen-bond donors (Lipinski definition) is 0. The lowest BCUT2D eigenvalue weighted by atomic mass is 10.0. The summed E-state index contributed by atoms with van der Waals surface area (Å²) < 4.78 is 6.32. The highest BCUT2D eigenvalue weighted by atomic mass is 35.5. The maximum atomic E-state index is 12.2. The standard InChI is InChI=1S/C23H46NO2.ClH/c1-4-5-6-7-8-9-10-11-12-13-14-15-16-17-21-26-23(25)22-19-18-20-24(22,2)3;/h22H,4-21H2,1-3H3;1H/q+1;/p-1. The van der Waals surface area contributed by atoms with Crippen molar-refractivity contribution in [3.63, 3.8) is 0 Å². The van der Waals surface area contributed by atoms with E-state index in [-0.39, 0.29) is 24.4 Å². The minimum atomic E-state index is 0. The summed E-state index contributed by atoms with van der Waals surface area (Å²) in [6, 6.07) is 0.0710. The van der Waals surface area contributed by atoms with Crippen molar-refractivity contribution in [3.8, 4) is 0 Å². The van der Waals surface area contributed by atoms with Crippen LogP contribution in [0.4, 0.5) is 0 Å². The molecule has 4 heteroatoms. The van der Waals surface area contributed by atoms with Gasteiger partial charge in [0, 0.05) is 12.8 Å². The Morgan fingerprint density at radius 3 is 1.67 bits per heavy atom. The van der Waals surface area contributed by atoms with Gasteiger partial charge in [0.2, 0.25) is 0 Å². The van der Waals surface area contributed by atoms with Gasteiger partial charge in [-0.25, -0.2) is 4.79 Å². The van der Waals surface area contributed by atoms with Crippen LogP contribution in [0.25, 0.3) is 0 Å². The zero-order valence-corrected chi connectivity index (χ0v) is 19.2. The number of halogens is 1. The zero-order chi connectivity index (χ0) is 19.1. The number of rotatable bonds is 16. The monoisotopic (exact) mass is 403 g/mol. The van der Waals surface area contributed by atoms with Crippen LogP contribution < -0.4 is 12.4 Å². The highest BCUT2D eigenvalue weighted by Gasteiger charge is 2.40. The Kier molecular flexibility index (Phi) is 16.5. The van der Waals surface area contributed by atoms with E-state index in [9.17, 15) is 4.79 Å². The number of carbonyl (C=O) groups excluding carboxylic acids is 1. The van der Waals surface area contributed by atoms with Gasteiger partial charge in [-0.15, -0.1) is 0 Å². The fraction of sp³-hybridized carbons (Fsp3) is 0.957. The quantitative estimate of drug-likeness (QED) is 0.224. The number of unbranched alkanes of at least 4 members (excludes halogenated alkanes) is 13. The van der Waals surface area contributed by atoms with Gasteiger partial charge >= 0.3 is 5.97 Å². The predicted molar refractivity (Wildman–Crippen MR) is 111 cm³/mol. The summed E-state index contributed by atoms with van der Waals surface area (Å²) in [6.07, 6.45) is 21.1. The first-order valence-corrected chi connectivity index (χ1v) is 11.6. The molecule has 0 saturated carbocycles. The summed E-state index contributed by atoms with van der Waals surface area (Å²) in [4.78, 5) is 12.2. The summed E-state index contributed by atoms with van der Waals surface area (Å²) in [7, 11) is 4.29. The van der Waals surface area contributed by atoms with Crippen LogP contribution in [0.15, 0.2) is 0 Å². The second kappa shape index (κ2) is 16.7. The molecule has 3 nitrogen and oxygen atoms in total. The third-order valence-corrected chi connectivity index (χ3v) is 6.07. The molecule has 1 aliphatic rings. The predicted octanol–water partition coefficient (Wildman–Crippen LogP) is 3.25. The third kappa shape index (κ3) is 12.7. The second-order valence-electron chi connectivity index (χ2n) is 8.92. The van der Waals surface area contributed by atoms with Gasteiger partial charge in [0.15, 0.2) is 6.04 Å². The van der Waals surface area contributed by atoms with Gasteiger partial charge < -0.3 is 21.6 Å². The fourth-order valence-corrected chi connectivity index (χ4v) is 4.17. The number of esters is 1. The smallest absolute Gasteiger partial charge is 0.364 e. The summed E-state index contributed by atoms with van der Waals surface area (Å²) >= 11 is 0. The summed E-state index contributed by atoms with van der Waals surface area (Å²) in [5, 5.41) is 0. The van der Waals surface area contributed by atoms with Crippen molar-refractivity contribution in [1.29, 1.82) is 0 Å². The normalized spacial score (nSPS) is 18.3. The number of likely N-dealkylation sites (N-methyl/N-ethyl adjacent to an activating group) is 1. The lowest BCUT2D eigenvalue weighted by Gasteiger charge is -2.29. The molecule has 0 spiro atoms. The van der Waals surface area contributed by atoms with Crippen molar-refractivity contribution in [2.45, 2.75) is 116 Å². The van der Waals surface area contributed by atoms with Crippen LogP contribution in [0.1, 0.15) is 110 Å². The van der Waals surface area contributed by atoms with E-state index in [1.165, 1.54) is 83.5 Å². The number of likely N-dealkylation sites (tertiary alicyclic amines) is 1. The molecule has 0 aromatic rings. The average Bonchev–Trinajstić information content (AvgIpc) is 2.97. The van der Waals surface area contributed by atoms with E-state index in [0.29, 0.717) is 6.61 Å². The maximum Gasteiger partial charge on any atom is 0.364 e. The van der Waals surface area contributed by atoms with Crippen LogP contribution in [0.2, 0.25) is 0 Å². The first kappa shape index (κ1) is 26.7. The lowest BCUT2D eigenvalue weighted by molar-refractivity contribution is -0.893. The van der Waals surface area contributed by atoms with Gasteiger partial charge in [-0.1, -0.05) is 90.4 Å². The topological polar surface area (TPSA) is 26.3 Å². The molecule has 0 aromatic carbocycles. The molecule has 1 rings (SSSR count). The molecule has 1 aliphatic heterocycles. The number of nitrogens with zero attached hydrogens (tertiary/aromatic N) is 1. The Hall–Kier alpha value is -0.280. The van der Waals surface area contributed by atoms with Gasteiger partial charge in [-0.05, 0) is 6.42 Å². The molecule has 27 heavy (non-hydrogen) atoms. The molecule has 0 aromatic heterocycles.